The monoisotopic (exact) mass is 285 g/mol. The van der Waals surface area contributed by atoms with E-state index in [-0.39, 0.29) is 5.56 Å². The standard InChI is InChI=1S/C13H7F4NO2/c14-10-4-1-8(2-5-10)9-3-6-12(18(19)20)11(7-9)13(15,16)17/h1-7H. The molecule has 2 aromatic rings. The van der Waals surface area contributed by atoms with Crippen LogP contribution < -0.4 is 0 Å². The van der Waals surface area contributed by atoms with Gasteiger partial charge in [0.15, 0.2) is 0 Å². The van der Waals surface area contributed by atoms with Crippen molar-refractivity contribution in [2.45, 2.75) is 6.18 Å². The molecule has 0 aromatic heterocycles. The van der Waals surface area contributed by atoms with E-state index in [9.17, 15) is 27.7 Å². The number of rotatable bonds is 2. The van der Waals surface area contributed by atoms with Gasteiger partial charge in [-0.15, -0.1) is 0 Å². The van der Waals surface area contributed by atoms with Crippen LogP contribution in [0, 0.1) is 15.9 Å². The molecule has 0 spiro atoms. The highest BCUT2D eigenvalue weighted by Crippen LogP contribution is 2.38. The maximum absolute atomic E-state index is 12.8. The fraction of sp³-hybridized carbons (Fsp3) is 0.0769. The minimum absolute atomic E-state index is 0.128. The van der Waals surface area contributed by atoms with E-state index in [0.717, 1.165) is 18.2 Å². The number of halogens is 4. The van der Waals surface area contributed by atoms with Crippen molar-refractivity contribution >= 4 is 5.69 Å². The Bertz CT molecular complexity index is 650. The molecular formula is C13H7F4NO2. The zero-order valence-electron chi connectivity index (χ0n) is 9.82. The van der Waals surface area contributed by atoms with Crippen LogP contribution in [0.4, 0.5) is 23.2 Å². The van der Waals surface area contributed by atoms with E-state index in [1.54, 1.807) is 0 Å². The zero-order chi connectivity index (χ0) is 14.9. The molecule has 7 heteroatoms. The van der Waals surface area contributed by atoms with Crippen LogP contribution in [0.2, 0.25) is 0 Å². The van der Waals surface area contributed by atoms with Gasteiger partial charge in [0, 0.05) is 6.07 Å². The van der Waals surface area contributed by atoms with Crippen molar-refractivity contribution in [1.29, 1.82) is 0 Å². The van der Waals surface area contributed by atoms with Crippen LogP contribution in [0.1, 0.15) is 5.56 Å². The van der Waals surface area contributed by atoms with Crippen molar-refractivity contribution in [1.82, 2.24) is 0 Å². The van der Waals surface area contributed by atoms with E-state index in [0.29, 0.717) is 11.6 Å². The van der Waals surface area contributed by atoms with Gasteiger partial charge >= 0.3 is 6.18 Å². The number of hydrogen-bond donors (Lipinski definition) is 0. The molecule has 104 valence electrons. The number of hydrogen-bond acceptors (Lipinski definition) is 2. The van der Waals surface area contributed by atoms with Gasteiger partial charge in [0.25, 0.3) is 5.69 Å². The average molecular weight is 285 g/mol. The summed E-state index contributed by atoms with van der Waals surface area (Å²) in [6.07, 6.45) is -4.83. The van der Waals surface area contributed by atoms with Crippen LogP contribution in [-0.4, -0.2) is 4.92 Å². The maximum Gasteiger partial charge on any atom is 0.423 e. The van der Waals surface area contributed by atoms with Crippen LogP contribution in [0.5, 0.6) is 0 Å². The lowest BCUT2D eigenvalue weighted by atomic mass is 10.0. The van der Waals surface area contributed by atoms with E-state index < -0.39 is 28.2 Å². The summed E-state index contributed by atoms with van der Waals surface area (Å²) < 4.78 is 51.2. The van der Waals surface area contributed by atoms with Gasteiger partial charge in [0.2, 0.25) is 0 Å². The second kappa shape index (κ2) is 4.92. The molecule has 0 aliphatic carbocycles. The summed E-state index contributed by atoms with van der Waals surface area (Å²) in [5.41, 5.74) is -1.87. The molecule has 0 bridgehead atoms. The van der Waals surface area contributed by atoms with Gasteiger partial charge in [-0.25, -0.2) is 4.39 Å². The minimum Gasteiger partial charge on any atom is -0.258 e. The quantitative estimate of drug-likeness (QED) is 0.465. The van der Waals surface area contributed by atoms with Crippen molar-refractivity contribution in [3.63, 3.8) is 0 Å². The lowest BCUT2D eigenvalue weighted by Crippen LogP contribution is -2.09. The Labute approximate surface area is 110 Å². The third-order valence-electron chi connectivity index (χ3n) is 2.68. The van der Waals surface area contributed by atoms with E-state index in [1.165, 1.54) is 18.2 Å². The van der Waals surface area contributed by atoms with Crippen molar-refractivity contribution in [3.05, 3.63) is 64.0 Å². The predicted octanol–water partition coefficient (Wildman–Crippen LogP) is 4.42. The van der Waals surface area contributed by atoms with Crippen molar-refractivity contribution in [3.8, 4) is 11.1 Å². The fourth-order valence-corrected chi connectivity index (χ4v) is 1.74. The third kappa shape index (κ3) is 2.76. The Hall–Kier alpha value is -2.44. The minimum atomic E-state index is -4.83. The van der Waals surface area contributed by atoms with Crippen LogP contribution in [0.15, 0.2) is 42.5 Å². The first-order chi connectivity index (χ1) is 9.29. The van der Waals surface area contributed by atoms with E-state index in [2.05, 4.69) is 0 Å². The van der Waals surface area contributed by atoms with Crippen molar-refractivity contribution < 1.29 is 22.5 Å². The summed E-state index contributed by atoms with van der Waals surface area (Å²) in [5.74, 6) is -0.522. The average Bonchev–Trinajstić information content (AvgIpc) is 2.38. The Morgan fingerprint density at radius 2 is 1.50 bits per heavy atom. The van der Waals surface area contributed by atoms with Crippen molar-refractivity contribution in [2.24, 2.45) is 0 Å². The smallest absolute Gasteiger partial charge is 0.258 e. The van der Waals surface area contributed by atoms with Gasteiger partial charge in [-0.3, -0.25) is 10.1 Å². The first-order valence-electron chi connectivity index (χ1n) is 5.40. The third-order valence-corrected chi connectivity index (χ3v) is 2.68. The number of nitro groups is 1. The highest BCUT2D eigenvalue weighted by Gasteiger charge is 2.38. The molecular weight excluding hydrogens is 278 g/mol. The molecule has 0 aliphatic rings. The second-order valence-electron chi connectivity index (χ2n) is 3.99. The lowest BCUT2D eigenvalue weighted by molar-refractivity contribution is -0.388. The highest BCUT2D eigenvalue weighted by atomic mass is 19.4. The molecule has 0 heterocycles. The molecule has 0 N–H and O–H groups in total. The molecule has 0 atom stereocenters. The summed E-state index contributed by atoms with van der Waals surface area (Å²) >= 11 is 0. The highest BCUT2D eigenvalue weighted by molar-refractivity contribution is 5.67. The number of alkyl halides is 3. The summed E-state index contributed by atoms with van der Waals surface area (Å²) in [4.78, 5) is 9.53. The van der Waals surface area contributed by atoms with Gasteiger partial charge < -0.3 is 0 Å². The Kier molecular flexibility index (Phi) is 3.44. The molecule has 20 heavy (non-hydrogen) atoms. The van der Waals surface area contributed by atoms with E-state index >= 15 is 0 Å². The topological polar surface area (TPSA) is 43.1 Å². The molecule has 3 nitrogen and oxygen atoms in total. The molecule has 2 rings (SSSR count). The van der Waals surface area contributed by atoms with Gasteiger partial charge in [0.1, 0.15) is 11.4 Å². The van der Waals surface area contributed by atoms with Crippen LogP contribution >= 0.6 is 0 Å². The summed E-state index contributed by atoms with van der Waals surface area (Å²) in [6.45, 7) is 0. The molecule has 0 saturated carbocycles. The van der Waals surface area contributed by atoms with Gasteiger partial charge in [0.05, 0.1) is 4.92 Å². The number of nitro benzene ring substituents is 1. The van der Waals surface area contributed by atoms with Crippen LogP contribution in [0.25, 0.3) is 11.1 Å². The molecule has 0 saturated heterocycles. The molecule has 2 aromatic carbocycles. The molecule has 0 amide bonds. The predicted molar refractivity (Wildman–Crippen MR) is 63.5 cm³/mol. The summed E-state index contributed by atoms with van der Waals surface area (Å²) in [5, 5.41) is 10.6. The Morgan fingerprint density at radius 3 is 2.00 bits per heavy atom. The largest absolute Gasteiger partial charge is 0.423 e. The lowest BCUT2D eigenvalue weighted by Gasteiger charge is -2.09. The zero-order valence-corrected chi connectivity index (χ0v) is 9.82. The Morgan fingerprint density at radius 1 is 0.950 bits per heavy atom. The number of nitrogens with zero attached hydrogens (tertiary/aromatic N) is 1. The van der Waals surface area contributed by atoms with E-state index in [1.807, 2.05) is 0 Å². The SMILES string of the molecule is O=[N+]([O-])c1ccc(-c2ccc(F)cc2)cc1C(F)(F)F. The van der Waals surface area contributed by atoms with Gasteiger partial charge in [-0.05, 0) is 35.4 Å². The molecule has 0 fully saturated rings. The molecule has 0 radical (unpaired) electrons. The maximum atomic E-state index is 12.8. The summed E-state index contributed by atoms with van der Waals surface area (Å²) in [7, 11) is 0. The Balaban J connectivity index is 2.58. The first kappa shape index (κ1) is 14.0. The van der Waals surface area contributed by atoms with Crippen molar-refractivity contribution in [2.75, 3.05) is 0 Å². The van der Waals surface area contributed by atoms with E-state index in [4.69, 9.17) is 0 Å². The van der Waals surface area contributed by atoms with Gasteiger partial charge in [-0.2, -0.15) is 13.2 Å². The van der Waals surface area contributed by atoms with Gasteiger partial charge in [-0.1, -0.05) is 12.1 Å². The van der Waals surface area contributed by atoms with Crippen LogP contribution in [-0.2, 0) is 6.18 Å². The normalized spacial score (nSPS) is 11.4. The number of benzene rings is 2. The molecule has 0 aliphatic heterocycles. The first-order valence-corrected chi connectivity index (χ1v) is 5.40. The second-order valence-corrected chi connectivity index (χ2v) is 3.99. The molecule has 0 unspecified atom stereocenters. The van der Waals surface area contributed by atoms with Crippen LogP contribution in [0.3, 0.4) is 0 Å². The summed E-state index contributed by atoms with van der Waals surface area (Å²) in [6, 6.07) is 7.48. The fourth-order valence-electron chi connectivity index (χ4n) is 1.74.